The van der Waals surface area contributed by atoms with E-state index in [1.54, 1.807) is 12.1 Å². The fourth-order valence-electron chi connectivity index (χ4n) is 2.60. The zero-order valence-electron chi connectivity index (χ0n) is 11.8. The van der Waals surface area contributed by atoms with Crippen molar-refractivity contribution in [3.63, 3.8) is 0 Å². The van der Waals surface area contributed by atoms with Gasteiger partial charge in [-0.15, -0.1) is 0 Å². The van der Waals surface area contributed by atoms with E-state index in [4.69, 9.17) is 22.7 Å². The number of hydrogen-bond acceptors (Lipinski definition) is 3. The number of ether oxygens (including phenoxy) is 1. The Balaban J connectivity index is 1.97. The maximum Gasteiger partial charge on any atom is 0.127 e. The van der Waals surface area contributed by atoms with Crippen LogP contribution >= 0.6 is 12.2 Å². The third-order valence-electron chi connectivity index (χ3n) is 3.59. The predicted octanol–water partition coefficient (Wildman–Crippen LogP) is 2.32. The highest BCUT2D eigenvalue weighted by molar-refractivity contribution is 7.80. The normalized spacial score (nSPS) is 19.2. The van der Waals surface area contributed by atoms with Crippen molar-refractivity contribution in [2.24, 2.45) is 11.7 Å². The lowest BCUT2D eigenvalue weighted by molar-refractivity contribution is 0.0410. The third kappa shape index (κ3) is 4.23. The van der Waals surface area contributed by atoms with E-state index in [2.05, 4.69) is 4.90 Å². The van der Waals surface area contributed by atoms with E-state index in [-0.39, 0.29) is 5.82 Å². The van der Waals surface area contributed by atoms with Gasteiger partial charge in [-0.2, -0.15) is 0 Å². The molecule has 1 heterocycles. The summed E-state index contributed by atoms with van der Waals surface area (Å²) in [6.45, 7) is 3.14. The van der Waals surface area contributed by atoms with Gasteiger partial charge in [-0.05, 0) is 44.0 Å². The molecule has 1 unspecified atom stereocenters. The Kier molecular flexibility index (Phi) is 5.46. The van der Waals surface area contributed by atoms with Crippen LogP contribution < -0.4 is 5.73 Å². The van der Waals surface area contributed by atoms with E-state index >= 15 is 0 Å². The number of benzene rings is 1. The molecule has 2 rings (SSSR count). The van der Waals surface area contributed by atoms with Gasteiger partial charge in [0.1, 0.15) is 10.8 Å². The first kappa shape index (κ1) is 15.4. The van der Waals surface area contributed by atoms with Gasteiger partial charge in [0, 0.05) is 30.8 Å². The van der Waals surface area contributed by atoms with Crippen LogP contribution in [0.1, 0.15) is 24.0 Å². The Morgan fingerprint density at radius 1 is 1.55 bits per heavy atom. The van der Waals surface area contributed by atoms with Crippen LogP contribution in [0.5, 0.6) is 0 Å². The maximum absolute atomic E-state index is 13.8. The highest BCUT2D eigenvalue weighted by atomic mass is 32.1. The van der Waals surface area contributed by atoms with Gasteiger partial charge < -0.3 is 15.4 Å². The number of halogens is 1. The summed E-state index contributed by atoms with van der Waals surface area (Å²) in [6, 6.07) is 4.79. The second-order valence-electron chi connectivity index (χ2n) is 5.45. The average Bonchev–Trinajstić information content (AvgIpc) is 2.42. The first-order valence-corrected chi connectivity index (χ1v) is 7.31. The number of nitrogens with two attached hydrogens (primary N) is 1. The number of hydrogen-bond donors (Lipinski definition) is 1. The van der Waals surface area contributed by atoms with E-state index in [9.17, 15) is 4.39 Å². The summed E-state index contributed by atoms with van der Waals surface area (Å²) in [4.78, 5) is 2.43. The van der Waals surface area contributed by atoms with Gasteiger partial charge in [0.25, 0.3) is 0 Å². The van der Waals surface area contributed by atoms with Crippen molar-refractivity contribution in [2.45, 2.75) is 19.4 Å². The van der Waals surface area contributed by atoms with Crippen LogP contribution in [0.25, 0.3) is 0 Å². The monoisotopic (exact) mass is 296 g/mol. The molecule has 0 aliphatic carbocycles. The molecule has 0 radical (unpaired) electrons. The quantitative estimate of drug-likeness (QED) is 0.846. The standard InChI is InChI=1S/C15H21FN2OS/c1-18(8-11-3-2-6-19-10-11)9-13-7-12(15(17)20)4-5-14(13)16/h4-5,7,11H,2-3,6,8-10H2,1H3,(H2,17,20). The Morgan fingerprint density at radius 2 is 2.35 bits per heavy atom. The van der Waals surface area contributed by atoms with Crippen LogP contribution in [-0.2, 0) is 11.3 Å². The second kappa shape index (κ2) is 7.11. The van der Waals surface area contributed by atoms with Crippen LogP contribution in [0.4, 0.5) is 4.39 Å². The lowest BCUT2D eigenvalue weighted by atomic mass is 10.0. The molecule has 0 saturated carbocycles. The second-order valence-corrected chi connectivity index (χ2v) is 5.89. The molecule has 3 nitrogen and oxygen atoms in total. The van der Waals surface area contributed by atoms with Gasteiger partial charge in [-0.25, -0.2) is 4.39 Å². The molecule has 1 aromatic rings. The van der Waals surface area contributed by atoms with E-state index in [1.165, 1.54) is 12.5 Å². The van der Waals surface area contributed by atoms with Crippen molar-refractivity contribution in [3.8, 4) is 0 Å². The first-order valence-electron chi connectivity index (χ1n) is 6.91. The molecule has 1 aliphatic rings. The third-order valence-corrected chi connectivity index (χ3v) is 3.83. The molecular formula is C15H21FN2OS. The van der Waals surface area contributed by atoms with Crippen LogP contribution in [0, 0.1) is 11.7 Å². The zero-order chi connectivity index (χ0) is 14.5. The fourth-order valence-corrected chi connectivity index (χ4v) is 2.72. The van der Waals surface area contributed by atoms with Crippen molar-refractivity contribution < 1.29 is 9.13 Å². The molecule has 0 bridgehead atoms. The highest BCUT2D eigenvalue weighted by Crippen LogP contribution is 2.17. The summed E-state index contributed by atoms with van der Waals surface area (Å²) in [5.74, 6) is 0.326. The fraction of sp³-hybridized carbons (Fsp3) is 0.533. The molecule has 1 saturated heterocycles. The molecule has 1 aromatic carbocycles. The largest absolute Gasteiger partial charge is 0.389 e. The molecule has 0 amide bonds. The minimum absolute atomic E-state index is 0.211. The van der Waals surface area contributed by atoms with Crippen molar-refractivity contribution >= 4 is 17.2 Å². The van der Waals surface area contributed by atoms with Crippen molar-refractivity contribution in [1.82, 2.24) is 4.90 Å². The maximum atomic E-state index is 13.8. The van der Waals surface area contributed by atoms with E-state index in [0.717, 1.165) is 26.2 Å². The first-order chi connectivity index (χ1) is 9.56. The summed E-state index contributed by atoms with van der Waals surface area (Å²) in [7, 11) is 2.00. The molecule has 5 heteroatoms. The van der Waals surface area contributed by atoms with Gasteiger partial charge in [-0.3, -0.25) is 0 Å². The molecular weight excluding hydrogens is 275 g/mol. The molecule has 1 aliphatic heterocycles. The van der Waals surface area contributed by atoms with Gasteiger partial charge in [0.2, 0.25) is 0 Å². The van der Waals surface area contributed by atoms with E-state index in [1.807, 2.05) is 7.05 Å². The zero-order valence-corrected chi connectivity index (χ0v) is 12.6. The highest BCUT2D eigenvalue weighted by Gasteiger charge is 2.17. The summed E-state index contributed by atoms with van der Waals surface area (Å²) in [6.07, 6.45) is 2.30. The van der Waals surface area contributed by atoms with Crippen molar-refractivity contribution in [1.29, 1.82) is 0 Å². The van der Waals surface area contributed by atoms with Crippen LogP contribution in [-0.4, -0.2) is 36.7 Å². The molecule has 1 atom stereocenters. The Bertz CT molecular complexity index is 475. The van der Waals surface area contributed by atoms with Gasteiger partial charge >= 0.3 is 0 Å². The van der Waals surface area contributed by atoms with Gasteiger partial charge in [-0.1, -0.05) is 12.2 Å². The van der Waals surface area contributed by atoms with Gasteiger partial charge in [0.05, 0.1) is 6.61 Å². The summed E-state index contributed by atoms with van der Waals surface area (Å²) in [5, 5.41) is 0. The van der Waals surface area contributed by atoms with Crippen molar-refractivity contribution in [2.75, 3.05) is 26.8 Å². The minimum Gasteiger partial charge on any atom is -0.389 e. The lowest BCUT2D eigenvalue weighted by Crippen LogP contribution is -2.30. The smallest absolute Gasteiger partial charge is 0.127 e. The van der Waals surface area contributed by atoms with Crippen molar-refractivity contribution in [3.05, 3.63) is 35.1 Å². The Hall–Kier alpha value is -1.04. The number of nitrogens with zero attached hydrogens (tertiary/aromatic N) is 1. The SMILES string of the molecule is CN(Cc1cc(C(N)=S)ccc1F)CC1CCCOC1. The molecule has 0 aromatic heterocycles. The van der Waals surface area contributed by atoms with Crippen LogP contribution in [0.3, 0.4) is 0 Å². The number of rotatable bonds is 5. The summed E-state index contributed by atoms with van der Waals surface area (Å²) < 4.78 is 19.3. The number of thiocarbonyl (C=S) groups is 1. The topological polar surface area (TPSA) is 38.5 Å². The Morgan fingerprint density at radius 3 is 3.00 bits per heavy atom. The average molecular weight is 296 g/mol. The summed E-state index contributed by atoms with van der Waals surface area (Å²) >= 11 is 4.93. The molecule has 0 spiro atoms. The van der Waals surface area contributed by atoms with Crippen LogP contribution in [0.2, 0.25) is 0 Å². The molecule has 1 fully saturated rings. The Labute approximate surface area is 124 Å². The van der Waals surface area contributed by atoms with Crippen LogP contribution in [0.15, 0.2) is 18.2 Å². The van der Waals surface area contributed by atoms with E-state index < -0.39 is 0 Å². The minimum atomic E-state index is -0.211. The van der Waals surface area contributed by atoms with E-state index in [0.29, 0.717) is 28.6 Å². The molecule has 110 valence electrons. The van der Waals surface area contributed by atoms with Gasteiger partial charge in [0.15, 0.2) is 0 Å². The molecule has 2 N–H and O–H groups in total. The molecule has 20 heavy (non-hydrogen) atoms. The predicted molar refractivity (Wildman–Crippen MR) is 82.2 cm³/mol. The lowest BCUT2D eigenvalue weighted by Gasteiger charge is -2.27. The summed E-state index contributed by atoms with van der Waals surface area (Å²) in [5.41, 5.74) is 6.94.